The number of aromatic nitrogens is 2. The molecule has 0 spiro atoms. The Morgan fingerprint density at radius 1 is 1.39 bits per heavy atom. The quantitative estimate of drug-likeness (QED) is 0.939. The number of carbonyl (C=O) groups is 1. The largest absolute Gasteiger partial charge is 0.389 e. The first-order valence-electron chi connectivity index (χ1n) is 8.00. The molecule has 0 radical (unpaired) electrons. The lowest BCUT2D eigenvalue weighted by Crippen LogP contribution is -2.45. The Morgan fingerprint density at radius 2 is 2.26 bits per heavy atom. The molecular formula is C17H19N3O2S. The van der Waals surface area contributed by atoms with Crippen LogP contribution in [-0.2, 0) is 17.8 Å². The highest BCUT2D eigenvalue weighted by Gasteiger charge is 2.38. The number of rotatable bonds is 3. The molecule has 2 aliphatic rings. The van der Waals surface area contributed by atoms with E-state index in [9.17, 15) is 9.90 Å². The van der Waals surface area contributed by atoms with Crippen molar-refractivity contribution in [2.24, 2.45) is 0 Å². The molecule has 1 N–H and O–H groups in total. The summed E-state index contributed by atoms with van der Waals surface area (Å²) in [5.41, 5.74) is 3.33. The third-order valence-electron chi connectivity index (χ3n) is 4.91. The van der Waals surface area contributed by atoms with Crippen LogP contribution in [0.5, 0.6) is 0 Å². The van der Waals surface area contributed by atoms with Crippen LogP contribution in [0.25, 0.3) is 11.3 Å². The fourth-order valence-electron chi connectivity index (χ4n) is 3.36. The Kier molecular flexibility index (Phi) is 3.66. The molecule has 0 saturated heterocycles. The highest BCUT2D eigenvalue weighted by molar-refractivity contribution is 7.08. The molecule has 1 fully saturated rings. The average Bonchev–Trinajstić information content (AvgIpc) is 3.06. The lowest BCUT2D eigenvalue weighted by Gasteiger charge is -2.38. The lowest BCUT2D eigenvalue weighted by atomic mass is 9.77. The van der Waals surface area contributed by atoms with Crippen molar-refractivity contribution in [3.8, 4) is 11.3 Å². The summed E-state index contributed by atoms with van der Waals surface area (Å²) in [6.07, 6.45) is 5.10. The van der Waals surface area contributed by atoms with Crippen molar-refractivity contribution in [3.05, 3.63) is 34.4 Å². The van der Waals surface area contributed by atoms with Crippen LogP contribution >= 0.6 is 11.3 Å². The van der Waals surface area contributed by atoms with Gasteiger partial charge in [0.2, 0.25) is 5.91 Å². The topological polar surface area (TPSA) is 66.3 Å². The zero-order chi connectivity index (χ0) is 15.9. The summed E-state index contributed by atoms with van der Waals surface area (Å²) in [7, 11) is 0. The van der Waals surface area contributed by atoms with Crippen LogP contribution in [0.4, 0.5) is 0 Å². The van der Waals surface area contributed by atoms with E-state index in [0.29, 0.717) is 13.1 Å². The summed E-state index contributed by atoms with van der Waals surface area (Å²) < 4.78 is 0. The van der Waals surface area contributed by atoms with Gasteiger partial charge >= 0.3 is 0 Å². The van der Waals surface area contributed by atoms with Gasteiger partial charge in [0, 0.05) is 36.0 Å². The molecule has 0 unspecified atom stereocenters. The maximum atomic E-state index is 12.5. The number of nitrogens with zero attached hydrogens (tertiary/aromatic N) is 3. The SMILES string of the molecule is O=C(CC1(O)CCC1)N1CCc2ncnc(-c3ccsc3)c2C1. The number of thiophene rings is 1. The summed E-state index contributed by atoms with van der Waals surface area (Å²) in [4.78, 5) is 23.2. The summed E-state index contributed by atoms with van der Waals surface area (Å²) in [5.74, 6) is 0.0398. The molecule has 1 saturated carbocycles. The van der Waals surface area contributed by atoms with Crippen LogP contribution in [0.15, 0.2) is 23.2 Å². The summed E-state index contributed by atoms with van der Waals surface area (Å²) in [6.45, 7) is 1.21. The minimum Gasteiger partial charge on any atom is -0.389 e. The number of hydrogen-bond donors (Lipinski definition) is 1. The molecule has 0 bridgehead atoms. The molecule has 4 rings (SSSR count). The monoisotopic (exact) mass is 329 g/mol. The van der Waals surface area contributed by atoms with Gasteiger partial charge in [-0.25, -0.2) is 9.97 Å². The Bertz CT molecular complexity index is 725. The first-order valence-corrected chi connectivity index (χ1v) is 8.94. The number of carbonyl (C=O) groups excluding carboxylic acids is 1. The van der Waals surface area contributed by atoms with Crippen molar-refractivity contribution in [1.29, 1.82) is 0 Å². The Morgan fingerprint density at radius 3 is 2.96 bits per heavy atom. The second-order valence-corrected chi connectivity index (χ2v) is 7.26. The second-order valence-electron chi connectivity index (χ2n) is 6.48. The first kappa shape index (κ1) is 14.8. The summed E-state index contributed by atoms with van der Waals surface area (Å²) >= 11 is 1.64. The maximum Gasteiger partial charge on any atom is 0.225 e. The van der Waals surface area contributed by atoms with E-state index >= 15 is 0 Å². The zero-order valence-corrected chi connectivity index (χ0v) is 13.7. The van der Waals surface area contributed by atoms with E-state index in [-0.39, 0.29) is 12.3 Å². The van der Waals surface area contributed by atoms with Gasteiger partial charge in [-0.1, -0.05) is 0 Å². The van der Waals surface area contributed by atoms with Crippen LogP contribution in [0, 0.1) is 0 Å². The molecule has 2 aromatic heterocycles. The molecule has 0 atom stereocenters. The fraction of sp³-hybridized carbons (Fsp3) is 0.471. The predicted octanol–water partition coefficient (Wildman–Crippen LogP) is 2.39. The van der Waals surface area contributed by atoms with Gasteiger partial charge in [-0.05, 0) is 30.7 Å². The minimum atomic E-state index is -0.763. The van der Waals surface area contributed by atoms with E-state index in [1.54, 1.807) is 17.7 Å². The van der Waals surface area contributed by atoms with Gasteiger partial charge in [0.1, 0.15) is 6.33 Å². The van der Waals surface area contributed by atoms with E-state index < -0.39 is 5.60 Å². The molecule has 6 heteroatoms. The predicted molar refractivity (Wildman–Crippen MR) is 87.9 cm³/mol. The first-order chi connectivity index (χ1) is 11.1. The van der Waals surface area contributed by atoms with Crippen molar-refractivity contribution in [1.82, 2.24) is 14.9 Å². The fourth-order valence-corrected chi connectivity index (χ4v) is 4.00. The highest BCUT2D eigenvalue weighted by atomic mass is 32.1. The van der Waals surface area contributed by atoms with Crippen LogP contribution in [0.3, 0.4) is 0 Å². The van der Waals surface area contributed by atoms with E-state index in [4.69, 9.17) is 0 Å². The Balaban J connectivity index is 1.57. The van der Waals surface area contributed by atoms with E-state index in [2.05, 4.69) is 15.3 Å². The zero-order valence-electron chi connectivity index (χ0n) is 12.9. The second kappa shape index (κ2) is 5.69. The summed E-state index contributed by atoms with van der Waals surface area (Å²) in [5, 5.41) is 14.3. The normalized spacial score (nSPS) is 19.1. The smallest absolute Gasteiger partial charge is 0.225 e. The van der Waals surface area contributed by atoms with Gasteiger partial charge in [-0.15, -0.1) is 0 Å². The van der Waals surface area contributed by atoms with Crippen molar-refractivity contribution in [2.45, 2.75) is 44.2 Å². The number of aliphatic hydroxyl groups is 1. The van der Waals surface area contributed by atoms with Crippen LogP contribution in [0.1, 0.15) is 36.9 Å². The third-order valence-corrected chi connectivity index (χ3v) is 5.60. The molecule has 23 heavy (non-hydrogen) atoms. The molecule has 5 nitrogen and oxygen atoms in total. The van der Waals surface area contributed by atoms with Crippen molar-refractivity contribution < 1.29 is 9.90 Å². The van der Waals surface area contributed by atoms with Gasteiger partial charge in [-0.3, -0.25) is 4.79 Å². The molecule has 0 aromatic carbocycles. The number of amides is 1. The van der Waals surface area contributed by atoms with Gasteiger partial charge in [0.25, 0.3) is 0 Å². The average molecular weight is 329 g/mol. The molecule has 1 aliphatic heterocycles. The Labute approximate surface area is 139 Å². The molecule has 3 heterocycles. The molecule has 120 valence electrons. The molecule has 1 amide bonds. The van der Waals surface area contributed by atoms with Crippen molar-refractivity contribution in [2.75, 3.05) is 6.54 Å². The Hall–Kier alpha value is -1.79. The van der Waals surface area contributed by atoms with Gasteiger partial charge in [0.05, 0.1) is 23.4 Å². The van der Waals surface area contributed by atoms with Crippen LogP contribution in [-0.4, -0.2) is 38.0 Å². The third kappa shape index (κ3) is 2.77. The molecule has 2 aromatic rings. The van der Waals surface area contributed by atoms with Gasteiger partial charge < -0.3 is 10.0 Å². The number of fused-ring (bicyclic) bond motifs is 1. The van der Waals surface area contributed by atoms with Crippen molar-refractivity contribution >= 4 is 17.2 Å². The lowest BCUT2D eigenvalue weighted by molar-refractivity contribution is -0.141. The van der Waals surface area contributed by atoms with E-state index in [1.165, 1.54) is 0 Å². The minimum absolute atomic E-state index is 0.0398. The molecular weight excluding hydrogens is 310 g/mol. The standard InChI is InChI=1S/C17H19N3O2S/c21-15(8-17(22)4-1-5-17)20-6-2-14-13(9-20)16(19-11-18-14)12-3-7-23-10-12/h3,7,10-11,22H,1-2,4-6,8-9H2. The number of hydrogen-bond acceptors (Lipinski definition) is 5. The van der Waals surface area contributed by atoms with Crippen LogP contribution in [0.2, 0.25) is 0 Å². The van der Waals surface area contributed by atoms with E-state index in [1.807, 2.05) is 16.3 Å². The van der Waals surface area contributed by atoms with E-state index in [0.717, 1.165) is 48.2 Å². The van der Waals surface area contributed by atoms with Crippen LogP contribution < -0.4 is 0 Å². The van der Waals surface area contributed by atoms with Crippen molar-refractivity contribution in [3.63, 3.8) is 0 Å². The summed E-state index contributed by atoms with van der Waals surface area (Å²) in [6, 6.07) is 2.05. The highest BCUT2D eigenvalue weighted by Crippen LogP contribution is 2.36. The van der Waals surface area contributed by atoms with Gasteiger partial charge in [0.15, 0.2) is 0 Å². The molecule has 1 aliphatic carbocycles. The maximum absolute atomic E-state index is 12.5. The van der Waals surface area contributed by atoms with Gasteiger partial charge in [-0.2, -0.15) is 11.3 Å².